The number of benzene rings is 2. The quantitative estimate of drug-likeness (QED) is 0.742. The molecule has 6 nitrogen and oxygen atoms in total. The zero-order valence-electron chi connectivity index (χ0n) is 15.6. The van der Waals surface area contributed by atoms with Gasteiger partial charge in [-0.2, -0.15) is 10.2 Å². The highest BCUT2D eigenvalue weighted by Crippen LogP contribution is 2.19. The van der Waals surface area contributed by atoms with E-state index in [9.17, 15) is 0 Å². The molecule has 0 saturated carbocycles. The molecule has 1 aromatic heterocycles. The molecule has 6 heteroatoms. The van der Waals surface area contributed by atoms with Gasteiger partial charge < -0.3 is 10.2 Å². The standard InChI is InChI=1S/C22H22N6/c23-16-19-7-4-8-20(15-19)25-21-9-10-24-22(26-21)28-13-11-27(12-14-28)17-18-5-2-1-3-6-18/h1-10,15H,11-14,17H2,(H,24,25,26). The van der Waals surface area contributed by atoms with Crippen LogP contribution in [0.25, 0.3) is 0 Å². The summed E-state index contributed by atoms with van der Waals surface area (Å²) >= 11 is 0. The maximum absolute atomic E-state index is 9.04. The van der Waals surface area contributed by atoms with Gasteiger partial charge in [-0.05, 0) is 29.8 Å². The van der Waals surface area contributed by atoms with E-state index in [0.29, 0.717) is 5.56 Å². The molecular formula is C22H22N6. The molecule has 0 unspecified atom stereocenters. The number of rotatable bonds is 5. The lowest BCUT2D eigenvalue weighted by molar-refractivity contribution is 0.248. The molecule has 0 bridgehead atoms. The molecule has 0 aliphatic carbocycles. The maximum Gasteiger partial charge on any atom is 0.227 e. The average molecular weight is 370 g/mol. The Bertz CT molecular complexity index is 958. The van der Waals surface area contributed by atoms with Gasteiger partial charge >= 0.3 is 0 Å². The van der Waals surface area contributed by atoms with Crippen molar-refractivity contribution in [3.05, 3.63) is 78.0 Å². The van der Waals surface area contributed by atoms with Crippen LogP contribution in [0.5, 0.6) is 0 Å². The molecule has 2 heterocycles. The van der Waals surface area contributed by atoms with Crippen molar-refractivity contribution in [3.8, 4) is 6.07 Å². The van der Waals surface area contributed by atoms with Gasteiger partial charge in [0.15, 0.2) is 0 Å². The van der Waals surface area contributed by atoms with Gasteiger partial charge in [-0.3, -0.25) is 4.90 Å². The number of piperazine rings is 1. The predicted molar refractivity (Wildman–Crippen MR) is 110 cm³/mol. The van der Waals surface area contributed by atoms with Crippen LogP contribution in [0.15, 0.2) is 66.9 Å². The highest BCUT2D eigenvalue weighted by atomic mass is 15.3. The first kappa shape index (κ1) is 18.0. The lowest BCUT2D eigenvalue weighted by atomic mass is 10.2. The van der Waals surface area contributed by atoms with Gasteiger partial charge in [0.05, 0.1) is 11.6 Å². The summed E-state index contributed by atoms with van der Waals surface area (Å²) in [5, 5.41) is 12.3. The molecule has 28 heavy (non-hydrogen) atoms. The molecule has 3 aromatic rings. The summed E-state index contributed by atoms with van der Waals surface area (Å²) in [4.78, 5) is 13.8. The maximum atomic E-state index is 9.04. The molecule has 0 spiro atoms. The van der Waals surface area contributed by atoms with Crippen LogP contribution in [0.4, 0.5) is 17.5 Å². The van der Waals surface area contributed by atoms with Crippen molar-refractivity contribution in [2.24, 2.45) is 0 Å². The Morgan fingerprint density at radius 3 is 2.57 bits per heavy atom. The van der Waals surface area contributed by atoms with E-state index >= 15 is 0 Å². The molecule has 0 atom stereocenters. The molecule has 2 aromatic carbocycles. The van der Waals surface area contributed by atoms with Gasteiger partial charge in [0.1, 0.15) is 5.82 Å². The predicted octanol–water partition coefficient (Wildman–Crippen LogP) is 3.41. The SMILES string of the molecule is N#Cc1cccc(Nc2ccnc(N3CCN(Cc4ccccc4)CC3)n2)c1. The minimum absolute atomic E-state index is 0.619. The van der Waals surface area contributed by atoms with Gasteiger partial charge in [0.25, 0.3) is 0 Å². The van der Waals surface area contributed by atoms with Gasteiger partial charge in [0, 0.05) is 44.6 Å². The Kier molecular flexibility index (Phi) is 5.46. The lowest BCUT2D eigenvalue weighted by Crippen LogP contribution is -2.46. The number of nitriles is 1. The first-order chi connectivity index (χ1) is 13.8. The third kappa shape index (κ3) is 4.45. The first-order valence-electron chi connectivity index (χ1n) is 9.41. The van der Waals surface area contributed by atoms with Gasteiger partial charge in [-0.25, -0.2) is 4.98 Å². The summed E-state index contributed by atoms with van der Waals surface area (Å²) < 4.78 is 0. The van der Waals surface area contributed by atoms with E-state index in [0.717, 1.165) is 50.2 Å². The second-order valence-corrected chi connectivity index (χ2v) is 6.81. The van der Waals surface area contributed by atoms with E-state index < -0.39 is 0 Å². The number of aromatic nitrogens is 2. The van der Waals surface area contributed by atoms with Crippen LogP contribution in [-0.4, -0.2) is 41.0 Å². The second kappa shape index (κ2) is 8.51. The van der Waals surface area contributed by atoms with Gasteiger partial charge in [-0.15, -0.1) is 0 Å². The topological polar surface area (TPSA) is 68.1 Å². The lowest BCUT2D eigenvalue weighted by Gasteiger charge is -2.34. The minimum Gasteiger partial charge on any atom is -0.340 e. The van der Waals surface area contributed by atoms with Crippen molar-refractivity contribution in [2.75, 3.05) is 36.4 Å². The normalized spacial score (nSPS) is 14.5. The highest BCUT2D eigenvalue weighted by molar-refractivity contribution is 5.59. The van der Waals surface area contributed by atoms with Crippen LogP contribution in [0.2, 0.25) is 0 Å². The van der Waals surface area contributed by atoms with Crippen molar-refractivity contribution >= 4 is 17.5 Å². The molecule has 1 fully saturated rings. The van der Waals surface area contributed by atoms with Crippen molar-refractivity contribution < 1.29 is 0 Å². The summed E-state index contributed by atoms with van der Waals surface area (Å²) in [5.41, 5.74) is 2.81. The van der Waals surface area contributed by atoms with Crippen LogP contribution >= 0.6 is 0 Å². The average Bonchev–Trinajstić information content (AvgIpc) is 2.75. The molecule has 1 saturated heterocycles. The highest BCUT2D eigenvalue weighted by Gasteiger charge is 2.19. The second-order valence-electron chi connectivity index (χ2n) is 6.81. The number of anilines is 3. The van der Waals surface area contributed by atoms with E-state index in [4.69, 9.17) is 5.26 Å². The minimum atomic E-state index is 0.619. The summed E-state index contributed by atoms with van der Waals surface area (Å²) in [6, 6.07) is 21.9. The van der Waals surface area contributed by atoms with E-state index in [1.54, 1.807) is 12.3 Å². The van der Waals surface area contributed by atoms with Crippen molar-refractivity contribution in [2.45, 2.75) is 6.54 Å². The monoisotopic (exact) mass is 370 g/mol. The molecular weight excluding hydrogens is 348 g/mol. The molecule has 4 rings (SSSR count). The molecule has 1 aliphatic rings. The molecule has 1 aliphatic heterocycles. The molecule has 140 valence electrons. The zero-order valence-corrected chi connectivity index (χ0v) is 15.6. The fraction of sp³-hybridized carbons (Fsp3) is 0.227. The van der Waals surface area contributed by atoms with Crippen molar-refractivity contribution in [1.82, 2.24) is 14.9 Å². The van der Waals surface area contributed by atoms with Crippen LogP contribution in [0, 0.1) is 11.3 Å². The van der Waals surface area contributed by atoms with E-state index in [1.165, 1.54) is 5.56 Å². The zero-order chi connectivity index (χ0) is 19.2. The third-order valence-corrected chi connectivity index (χ3v) is 4.81. The number of nitrogens with zero attached hydrogens (tertiary/aromatic N) is 5. The van der Waals surface area contributed by atoms with E-state index in [1.807, 2.05) is 24.3 Å². The van der Waals surface area contributed by atoms with Crippen molar-refractivity contribution in [1.29, 1.82) is 5.26 Å². The number of nitrogens with one attached hydrogen (secondary N) is 1. The fourth-order valence-corrected chi connectivity index (χ4v) is 3.33. The summed E-state index contributed by atoms with van der Waals surface area (Å²) in [6.07, 6.45) is 1.77. The molecule has 0 amide bonds. The Hall–Kier alpha value is -3.43. The Morgan fingerprint density at radius 1 is 0.964 bits per heavy atom. The third-order valence-electron chi connectivity index (χ3n) is 4.81. The summed E-state index contributed by atoms with van der Waals surface area (Å²) in [7, 11) is 0. The van der Waals surface area contributed by atoms with Crippen molar-refractivity contribution in [3.63, 3.8) is 0 Å². The largest absolute Gasteiger partial charge is 0.340 e. The Labute approximate surface area is 165 Å². The Morgan fingerprint density at radius 2 is 1.79 bits per heavy atom. The van der Waals surface area contributed by atoms with E-state index in [-0.39, 0.29) is 0 Å². The van der Waals surface area contributed by atoms with Crippen LogP contribution < -0.4 is 10.2 Å². The number of hydrogen-bond donors (Lipinski definition) is 1. The molecule has 1 N–H and O–H groups in total. The summed E-state index contributed by atoms with van der Waals surface area (Å²) in [6.45, 7) is 4.76. The molecule has 0 radical (unpaired) electrons. The summed E-state index contributed by atoms with van der Waals surface area (Å²) in [5.74, 6) is 1.47. The van der Waals surface area contributed by atoms with Gasteiger partial charge in [0.2, 0.25) is 5.95 Å². The Balaban J connectivity index is 1.38. The van der Waals surface area contributed by atoms with E-state index in [2.05, 4.69) is 61.5 Å². The van der Waals surface area contributed by atoms with Crippen LogP contribution in [0.1, 0.15) is 11.1 Å². The number of hydrogen-bond acceptors (Lipinski definition) is 6. The van der Waals surface area contributed by atoms with Crippen LogP contribution in [0.3, 0.4) is 0 Å². The fourth-order valence-electron chi connectivity index (χ4n) is 3.33. The van der Waals surface area contributed by atoms with Gasteiger partial charge in [-0.1, -0.05) is 36.4 Å². The smallest absolute Gasteiger partial charge is 0.227 e. The van der Waals surface area contributed by atoms with Crippen LogP contribution in [-0.2, 0) is 6.54 Å². The first-order valence-corrected chi connectivity index (χ1v) is 9.41.